The average molecular weight is 377 g/mol. The van der Waals surface area contributed by atoms with Gasteiger partial charge in [0.05, 0.1) is 21.7 Å². The number of halogens is 1. The van der Waals surface area contributed by atoms with E-state index >= 15 is 0 Å². The minimum absolute atomic E-state index is 0.00345. The molecule has 0 bridgehead atoms. The van der Waals surface area contributed by atoms with Crippen molar-refractivity contribution in [3.63, 3.8) is 0 Å². The molecule has 1 amide bonds. The van der Waals surface area contributed by atoms with Crippen LogP contribution in [0.4, 0.5) is 5.69 Å². The van der Waals surface area contributed by atoms with Gasteiger partial charge in [0, 0.05) is 5.69 Å². The quantitative estimate of drug-likeness (QED) is 0.673. The summed E-state index contributed by atoms with van der Waals surface area (Å²) in [5.74, 6) is -0.714. The second kappa shape index (κ2) is 7.29. The van der Waals surface area contributed by atoms with Crippen LogP contribution < -0.4 is 5.32 Å². The number of carbonyl (C=O) groups is 2. The first-order valence-corrected chi connectivity index (χ1v) is 8.97. The van der Waals surface area contributed by atoms with Crippen LogP contribution in [0, 0.1) is 0 Å². The number of carbonyl (C=O) groups excluding carboxylic acids is 2. The molecule has 0 saturated carbocycles. The summed E-state index contributed by atoms with van der Waals surface area (Å²) < 4.78 is 7.88. The Labute approximate surface area is 154 Å². The summed E-state index contributed by atoms with van der Waals surface area (Å²) in [6.07, 6.45) is 0.941. The third kappa shape index (κ3) is 3.70. The number of rotatable bonds is 5. The highest BCUT2D eigenvalue weighted by Crippen LogP contribution is 2.32. The monoisotopic (exact) mass is 376 g/mol. The lowest BCUT2D eigenvalue weighted by molar-refractivity contribution is -0.116. The number of amides is 1. The maximum absolute atomic E-state index is 12.4. The number of hydrogen-bond acceptors (Lipinski definition) is 4. The average Bonchev–Trinajstić information content (AvgIpc) is 3.12. The molecule has 1 N–H and O–H groups in total. The third-order valence-electron chi connectivity index (χ3n) is 3.90. The first-order chi connectivity index (χ1) is 12.0. The molecule has 7 heteroatoms. The lowest BCUT2D eigenvalue weighted by atomic mass is 10.1. The van der Waals surface area contributed by atoms with E-state index < -0.39 is 5.97 Å². The summed E-state index contributed by atoms with van der Waals surface area (Å²) >= 11 is 7.40. The molecule has 0 spiro atoms. The van der Waals surface area contributed by atoms with Gasteiger partial charge in [-0.3, -0.25) is 4.79 Å². The fourth-order valence-electron chi connectivity index (χ4n) is 2.62. The van der Waals surface area contributed by atoms with Crippen molar-refractivity contribution in [1.29, 1.82) is 0 Å². The Morgan fingerprint density at radius 1 is 1.24 bits per heavy atom. The highest BCUT2D eigenvalue weighted by atomic mass is 35.5. The van der Waals surface area contributed by atoms with Gasteiger partial charge in [0.1, 0.15) is 12.2 Å². The SMILES string of the molecule is CCc1ccc(NC(=O)Cn2c(C(=O)OC)cc3sc(Cl)cc32)cc1. The number of fused-ring (bicyclic) bond motifs is 1. The van der Waals surface area contributed by atoms with Crippen LogP contribution in [0.2, 0.25) is 4.34 Å². The van der Waals surface area contributed by atoms with Gasteiger partial charge in [0.2, 0.25) is 5.91 Å². The molecule has 0 aliphatic carbocycles. The summed E-state index contributed by atoms with van der Waals surface area (Å²) in [4.78, 5) is 24.4. The number of esters is 1. The molecule has 2 heterocycles. The molecule has 5 nitrogen and oxygen atoms in total. The molecule has 0 unspecified atom stereocenters. The Hall–Kier alpha value is -2.31. The molecule has 3 rings (SSSR count). The van der Waals surface area contributed by atoms with Gasteiger partial charge in [-0.1, -0.05) is 30.7 Å². The first-order valence-electron chi connectivity index (χ1n) is 7.77. The van der Waals surface area contributed by atoms with E-state index in [0.717, 1.165) is 16.6 Å². The van der Waals surface area contributed by atoms with Gasteiger partial charge < -0.3 is 14.6 Å². The van der Waals surface area contributed by atoms with E-state index in [9.17, 15) is 9.59 Å². The van der Waals surface area contributed by atoms with Crippen molar-refractivity contribution in [2.24, 2.45) is 0 Å². The van der Waals surface area contributed by atoms with Crippen LogP contribution in [0.3, 0.4) is 0 Å². The van der Waals surface area contributed by atoms with E-state index in [1.807, 2.05) is 24.3 Å². The number of methoxy groups -OCH3 is 1. The minimum atomic E-state index is -0.486. The van der Waals surface area contributed by atoms with Gasteiger partial charge in [0.25, 0.3) is 0 Å². The van der Waals surface area contributed by atoms with Gasteiger partial charge >= 0.3 is 5.97 Å². The van der Waals surface area contributed by atoms with Crippen LogP contribution in [0.1, 0.15) is 23.0 Å². The smallest absolute Gasteiger partial charge is 0.354 e. The van der Waals surface area contributed by atoms with Crippen LogP contribution in [0.5, 0.6) is 0 Å². The number of aryl methyl sites for hydroxylation is 1. The number of nitrogens with one attached hydrogen (secondary N) is 1. The van der Waals surface area contributed by atoms with Gasteiger partial charge in [0.15, 0.2) is 0 Å². The molecule has 130 valence electrons. The van der Waals surface area contributed by atoms with Crippen LogP contribution in [0.25, 0.3) is 10.2 Å². The Kier molecular flexibility index (Phi) is 5.11. The minimum Gasteiger partial charge on any atom is -0.464 e. The fraction of sp³-hybridized carbons (Fsp3) is 0.222. The molecule has 0 radical (unpaired) electrons. The third-order valence-corrected chi connectivity index (χ3v) is 5.10. The Morgan fingerprint density at radius 3 is 2.60 bits per heavy atom. The maximum Gasteiger partial charge on any atom is 0.354 e. The van der Waals surface area contributed by atoms with Crippen molar-refractivity contribution in [3.8, 4) is 0 Å². The van der Waals surface area contributed by atoms with E-state index in [1.165, 1.54) is 24.0 Å². The second-order valence-electron chi connectivity index (χ2n) is 5.51. The summed E-state index contributed by atoms with van der Waals surface area (Å²) in [5.41, 5.74) is 2.99. The van der Waals surface area contributed by atoms with Crippen molar-refractivity contribution in [2.75, 3.05) is 12.4 Å². The number of ether oxygens (including phenoxy) is 1. The van der Waals surface area contributed by atoms with Crippen LogP contribution >= 0.6 is 22.9 Å². The number of anilines is 1. The molecule has 0 atom stereocenters. The summed E-state index contributed by atoms with van der Waals surface area (Å²) in [6, 6.07) is 11.1. The molecule has 1 aromatic carbocycles. The number of hydrogen-bond donors (Lipinski definition) is 1. The zero-order valence-electron chi connectivity index (χ0n) is 13.8. The summed E-state index contributed by atoms with van der Waals surface area (Å²) in [7, 11) is 1.32. The topological polar surface area (TPSA) is 60.3 Å². The summed E-state index contributed by atoms with van der Waals surface area (Å²) in [6.45, 7) is 2.07. The van der Waals surface area contributed by atoms with Crippen molar-refractivity contribution in [2.45, 2.75) is 19.9 Å². The van der Waals surface area contributed by atoms with Gasteiger partial charge in [-0.2, -0.15) is 0 Å². The van der Waals surface area contributed by atoms with E-state index in [1.54, 1.807) is 16.7 Å². The van der Waals surface area contributed by atoms with Gasteiger partial charge in [-0.25, -0.2) is 4.79 Å². The molecule has 0 saturated heterocycles. The van der Waals surface area contributed by atoms with Gasteiger partial charge in [-0.15, -0.1) is 11.3 Å². The van der Waals surface area contributed by atoms with E-state index in [-0.39, 0.29) is 12.5 Å². The number of benzene rings is 1. The number of thiophene rings is 1. The van der Waals surface area contributed by atoms with Crippen molar-refractivity contribution in [1.82, 2.24) is 4.57 Å². The molecule has 0 fully saturated rings. The number of aromatic nitrogens is 1. The zero-order chi connectivity index (χ0) is 18.0. The Morgan fingerprint density at radius 2 is 1.96 bits per heavy atom. The Bertz CT molecular complexity index is 928. The molecule has 0 aliphatic rings. The van der Waals surface area contributed by atoms with E-state index in [2.05, 4.69) is 12.2 Å². The number of nitrogens with zero attached hydrogens (tertiary/aromatic N) is 1. The van der Waals surface area contributed by atoms with Crippen molar-refractivity contribution < 1.29 is 14.3 Å². The summed E-state index contributed by atoms with van der Waals surface area (Å²) in [5, 5.41) is 2.85. The maximum atomic E-state index is 12.4. The largest absolute Gasteiger partial charge is 0.464 e. The first kappa shape index (κ1) is 17.5. The fourth-order valence-corrected chi connectivity index (χ4v) is 3.80. The zero-order valence-corrected chi connectivity index (χ0v) is 15.4. The lowest BCUT2D eigenvalue weighted by Gasteiger charge is -2.10. The second-order valence-corrected chi connectivity index (χ2v) is 7.22. The molecular weight excluding hydrogens is 360 g/mol. The molecule has 2 aromatic heterocycles. The lowest BCUT2D eigenvalue weighted by Crippen LogP contribution is -2.21. The molecular formula is C18H17ClN2O3S. The molecule has 3 aromatic rings. The van der Waals surface area contributed by atoms with Gasteiger partial charge in [-0.05, 0) is 36.2 Å². The van der Waals surface area contributed by atoms with E-state index in [0.29, 0.717) is 15.7 Å². The molecule has 25 heavy (non-hydrogen) atoms. The van der Waals surface area contributed by atoms with Crippen LogP contribution in [0.15, 0.2) is 36.4 Å². The predicted octanol–water partition coefficient (Wildman–Crippen LogP) is 4.34. The van der Waals surface area contributed by atoms with Crippen LogP contribution in [-0.2, 0) is 22.5 Å². The normalized spacial score (nSPS) is 10.8. The van der Waals surface area contributed by atoms with Crippen molar-refractivity contribution in [3.05, 3.63) is 52.0 Å². The van der Waals surface area contributed by atoms with Crippen LogP contribution in [-0.4, -0.2) is 23.6 Å². The predicted molar refractivity (Wildman–Crippen MR) is 101 cm³/mol. The highest BCUT2D eigenvalue weighted by Gasteiger charge is 2.20. The standard InChI is InChI=1S/C18H17ClN2O3S/c1-3-11-4-6-12(7-5-11)20-17(22)10-21-13-9-16(19)25-15(13)8-14(21)18(23)24-2/h4-9H,3,10H2,1-2H3,(H,20,22). The van der Waals surface area contributed by atoms with E-state index in [4.69, 9.17) is 16.3 Å². The van der Waals surface area contributed by atoms with Crippen molar-refractivity contribution >= 4 is 50.7 Å². The Balaban J connectivity index is 1.85. The highest BCUT2D eigenvalue weighted by molar-refractivity contribution is 7.22. The molecule has 0 aliphatic heterocycles.